The molecule has 1 N–H and O–H groups in total. The van der Waals surface area contributed by atoms with Gasteiger partial charge in [-0.3, -0.25) is 9.78 Å². The molecule has 24 heavy (non-hydrogen) atoms. The lowest BCUT2D eigenvalue weighted by Gasteiger charge is -2.29. The van der Waals surface area contributed by atoms with Gasteiger partial charge >= 0.3 is 0 Å². The van der Waals surface area contributed by atoms with Gasteiger partial charge in [0.05, 0.1) is 6.20 Å². The number of benzene rings is 1. The lowest BCUT2D eigenvalue weighted by atomic mass is 9.92. The minimum absolute atomic E-state index is 0.0000459. The summed E-state index contributed by atoms with van der Waals surface area (Å²) in [7, 11) is 0. The molecule has 3 rings (SSSR count). The maximum Gasteiger partial charge on any atom is 0.257 e. The molecule has 2 aromatic rings. The highest BCUT2D eigenvalue weighted by atomic mass is 19.1. The molecule has 1 aliphatic rings. The molecule has 1 aromatic heterocycles. The molecule has 1 amide bonds. The zero-order chi connectivity index (χ0) is 16.9. The zero-order valence-corrected chi connectivity index (χ0v) is 12.9. The van der Waals surface area contributed by atoms with E-state index >= 15 is 0 Å². The lowest BCUT2D eigenvalue weighted by Crippen LogP contribution is -2.40. The minimum Gasteiger partial charge on any atom is -0.473 e. The third kappa shape index (κ3) is 3.84. The SMILES string of the molecule is O=C(NC1CCC(Oc2cnccn2)CC1)c1c(F)cccc1F. The third-order valence-electron chi connectivity index (χ3n) is 4.03. The second-order valence-electron chi connectivity index (χ2n) is 5.71. The summed E-state index contributed by atoms with van der Waals surface area (Å²) in [6, 6.07) is 3.25. The van der Waals surface area contributed by atoms with Crippen LogP contribution in [0, 0.1) is 11.6 Å². The van der Waals surface area contributed by atoms with Crippen LogP contribution >= 0.6 is 0 Å². The number of nitrogens with one attached hydrogen (secondary N) is 1. The van der Waals surface area contributed by atoms with E-state index < -0.39 is 23.1 Å². The van der Waals surface area contributed by atoms with E-state index in [9.17, 15) is 13.6 Å². The highest BCUT2D eigenvalue weighted by molar-refractivity contribution is 5.94. The van der Waals surface area contributed by atoms with Crippen molar-refractivity contribution in [2.24, 2.45) is 0 Å². The second kappa shape index (κ2) is 7.33. The van der Waals surface area contributed by atoms with Crippen LogP contribution in [0.5, 0.6) is 5.88 Å². The van der Waals surface area contributed by atoms with Crippen molar-refractivity contribution in [3.8, 4) is 5.88 Å². The molecule has 0 spiro atoms. The Morgan fingerprint density at radius 3 is 2.46 bits per heavy atom. The van der Waals surface area contributed by atoms with Gasteiger partial charge in [-0.05, 0) is 37.8 Å². The van der Waals surface area contributed by atoms with Crippen LogP contribution in [0.25, 0.3) is 0 Å². The van der Waals surface area contributed by atoms with Crippen molar-refractivity contribution in [1.82, 2.24) is 15.3 Å². The molecule has 7 heteroatoms. The van der Waals surface area contributed by atoms with Gasteiger partial charge in [-0.2, -0.15) is 0 Å². The summed E-state index contributed by atoms with van der Waals surface area (Å²) in [5, 5.41) is 2.70. The average molecular weight is 333 g/mol. The summed E-state index contributed by atoms with van der Waals surface area (Å²) < 4.78 is 33.0. The molecule has 1 aromatic carbocycles. The summed E-state index contributed by atoms with van der Waals surface area (Å²) in [6.07, 6.45) is 7.47. The number of halogens is 2. The lowest BCUT2D eigenvalue weighted by molar-refractivity contribution is 0.0881. The predicted octanol–water partition coefficient (Wildman–Crippen LogP) is 2.87. The highest BCUT2D eigenvalue weighted by Gasteiger charge is 2.26. The van der Waals surface area contributed by atoms with Crippen LogP contribution in [0.4, 0.5) is 8.78 Å². The largest absolute Gasteiger partial charge is 0.473 e. The van der Waals surface area contributed by atoms with Crippen LogP contribution in [-0.4, -0.2) is 28.0 Å². The minimum atomic E-state index is -0.854. The highest BCUT2D eigenvalue weighted by Crippen LogP contribution is 2.23. The van der Waals surface area contributed by atoms with Crippen LogP contribution in [0.2, 0.25) is 0 Å². The molecule has 0 radical (unpaired) electrons. The van der Waals surface area contributed by atoms with E-state index in [1.807, 2.05) is 0 Å². The van der Waals surface area contributed by atoms with Crippen molar-refractivity contribution in [2.75, 3.05) is 0 Å². The molecule has 0 aliphatic heterocycles. The van der Waals surface area contributed by atoms with Gasteiger partial charge in [-0.1, -0.05) is 6.07 Å². The Labute approximate surface area is 138 Å². The topological polar surface area (TPSA) is 64.1 Å². The number of carbonyl (C=O) groups is 1. The Kier molecular flexibility index (Phi) is 4.98. The van der Waals surface area contributed by atoms with E-state index in [0.717, 1.165) is 25.0 Å². The molecular formula is C17H17F2N3O2. The fourth-order valence-electron chi connectivity index (χ4n) is 2.81. The fraction of sp³-hybridized carbons (Fsp3) is 0.353. The van der Waals surface area contributed by atoms with Gasteiger partial charge in [0.15, 0.2) is 0 Å². The molecule has 1 heterocycles. The summed E-state index contributed by atoms with van der Waals surface area (Å²) in [4.78, 5) is 20.1. The van der Waals surface area contributed by atoms with Crippen molar-refractivity contribution in [1.29, 1.82) is 0 Å². The van der Waals surface area contributed by atoms with Gasteiger partial charge < -0.3 is 10.1 Å². The summed E-state index contributed by atoms with van der Waals surface area (Å²) in [5.74, 6) is -1.96. The average Bonchev–Trinajstić information content (AvgIpc) is 2.57. The number of rotatable bonds is 4. The molecular weight excluding hydrogens is 316 g/mol. The van der Waals surface area contributed by atoms with Crippen LogP contribution in [0.1, 0.15) is 36.0 Å². The first kappa shape index (κ1) is 16.3. The van der Waals surface area contributed by atoms with Crippen LogP contribution in [-0.2, 0) is 0 Å². The maximum atomic E-state index is 13.6. The Balaban J connectivity index is 1.53. The number of hydrogen-bond donors (Lipinski definition) is 1. The number of nitrogens with zero attached hydrogens (tertiary/aromatic N) is 2. The Bertz CT molecular complexity index is 684. The molecule has 1 fully saturated rings. The molecule has 1 saturated carbocycles. The quantitative estimate of drug-likeness (QED) is 0.934. The van der Waals surface area contributed by atoms with E-state index in [1.54, 1.807) is 18.6 Å². The molecule has 0 saturated heterocycles. The number of hydrogen-bond acceptors (Lipinski definition) is 4. The van der Waals surface area contributed by atoms with Crippen LogP contribution in [0.15, 0.2) is 36.8 Å². The number of ether oxygens (including phenoxy) is 1. The van der Waals surface area contributed by atoms with E-state index in [1.165, 1.54) is 6.07 Å². The summed E-state index contributed by atoms with van der Waals surface area (Å²) in [6.45, 7) is 0. The molecule has 5 nitrogen and oxygen atoms in total. The Morgan fingerprint density at radius 1 is 1.12 bits per heavy atom. The van der Waals surface area contributed by atoms with Crippen molar-refractivity contribution in [2.45, 2.75) is 37.8 Å². The summed E-state index contributed by atoms with van der Waals surface area (Å²) in [5.41, 5.74) is -0.532. The van der Waals surface area contributed by atoms with E-state index in [4.69, 9.17) is 4.74 Å². The normalized spacial score (nSPS) is 20.4. The number of carbonyl (C=O) groups excluding carboxylic acids is 1. The first-order valence-electron chi connectivity index (χ1n) is 7.81. The Morgan fingerprint density at radius 2 is 1.83 bits per heavy atom. The van der Waals surface area contributed by atoms with Crippen LogP contribution < -0.4 is 10.1 Å². The standard InChI is InChI=1S/C17H17F2N3O2/c18-13-2-1-3-14(19)16(13)17(23)22-11-4-6-12(7-5-11)24-15-10-20-8-9-21-15/h1-3,8-12H,4-7H2,(H,22,23). The third-order valence-corrected chi connectivity index (χ3v) is 4.03. The van der Waals surface area contributed by atoms with E-state index in [2.05, 4.69) is 15.3 Å². The predicted molar refractivity (Wildman–Crippen MR) is 82.5 cm³/mol. The van der Waals surface area contributed by atoms with E-state index in [-0.39, 0.29) is 12.1 Å². The van der Waals surface area contributed by atoms with Gasteiger partial charge in [0.1, 0.15) is 23.3 Å². The second-order valence-corrected chi connectivity index (χ2v) is 5.71. The van der Waals surface area contributed by atoms with Gasteiger partial charge in [-0.25, -0.2) is 13.8 Å². The van der Waals surface area contributed by atoms with Crippen molar-refractivity contribution in [3.05, 3.63) is 54.0 Å². The number of amides is 1. The van der Waals surface area contributed by atoms with Gasteiger partial charge in [-0.15, -0.1) is 0 Å². The molecule has 0 bridgehead atoms. The summed E-state index contributed by atoms with van der Waals surface area (Å²) >= 11 is 0. The van der Waals surface area contributed by atoms with Crippen LogP contribution in [0.3, 0.4) is 0 Å². The van der Waals surface area contributed by atoms with Crippen molar-refractivity contribution < 1.29 is 18.3 Å². The monoisotopic (exact) mass is 333 g/mol. The van der Waals surface area contributed by atoms with Crippen molar-refractivity contribution in [3.63, 3.8) is 0 Å². The molecule has 1 aliphatic carbocycles. The van der Waals surface area contributed by atoms with Gasteiger partial charge in [0, 0.05) is 18.4 Å². The first-order chi connectivity index (χ1) is 11.6. The smallest absolute Gasteiger partial charge is 0.257 e. The van der Waals surface area contributed by atoms with E-state index in [0.29, 0.717) is 18.7 Å². The first-order valence-corrected chi connectivity index (χ1v) is 7.81. The zero-order valence-electron chi connectivity index (χ0n) is 12.9. The fourth-order valence-corrected chi connectivity index (χ4v) is 2.81. The Hall–Kier alpha value is -2.57. The number of aromatic nitrogens is 2. The van der Waals surface area contributed by atoms with Gasteiger partial charge in [0.2, 0.25) is 5.88 Å². The van der Waals surface area contributed by atoms with Crippen molar-refractivity contribution >= 4 is 5.91 Å². The molecule has 0 unspecified atom stereocenters. The molecule has 0 atom stereocenters. The molecule has 126 valence electrons. The maximum absolute atomic E-state index is 13.6. The van der Waals surface area contributed by atoms with Gasteiger partial charge in [0.25, 0.3) is 5.91 Å².